The lowest BCUT2D eigenvalue weighted by Crippen LogP contribution is -2.26. The summed E-state index contributed by atoms with van der Waals surface area (Å²) in [5.41, 5.74) is 0. The Hall–Kier alpha value is -0.250. The molecule has 2 unspecified atom stereocenters. The molecule has 2 nitrogen and oxygen atoms in total. The summed E-state index contributed by atoms with van der Waals surface area (Å²) < 4.78 is 6.70. The fourth-order valence-electron chi connectivity index (χ4n) is 2.30. The summed E-state index contributed by atoms with van der Waals surface area (Å²) in [6, 6.07) is 7.93. The van der Waals surface area contributed by atoms with Gasteiger partial charge in [-0.2, -0.15) is 0 Å². The van der Waals surface area contributed by atoms with Gasteiger partial charge in [0, 0.05) is 16.4 Å². The maximum Gasteiger partial charge on any atom is 0.120 e. The van der Waals surface area contributed by atoms with Crippen LogP contribution in [0.3, 0.4) is 0 Å². The van der Waals surface area contributed by atoms with Crippen LogP contribution in [-0.2, 0) is 0 Å². The molecule has 0 spiro atoms. The van der Waals surface area contributed by atoms with Crippen LogP contribution in [0, 0.1) is 5.92 Å². The van der Waals surface area contributed by atoms with Crippen molar-refractivity contribution in [2.75, 3.05) is 19.7 Å². The van der Waals surface area contributed by atoms with Crippen LogP contribution in [0.15, 0.2) is 28.7 Å². The number of ether oxygens (including phenoxy) is 1. The molecule has 1 aliphatic rings. The van der Waals surface area contributed by atoms with E-state index in [1.165, 1.54) is 12.8 Å². The second kappa shape index (κ2) is 7.37. The van der Waals surface area contributed by atoms with Gasteiger partial charge in [-0.3, -0.25) is 0 Å². The minimum absolute atomic E-state index is 0.398. The lowest BCUT2D eigenvalue weighted by atomic mass is 10.1. The average molecular weight is 333 g/mol. The number of alkyl halides is 1. The first-order valence-corrected chi connectivity index (χ1v) is 7.70. The maximum atomic E-state index is 6.08. The first-order valence-electron chi connectivity index (χ1n) is 6.47. The van der Waals surface area contributed by atoms with Gasteiger partial charge in [0.05, 0.1) is 0 Å². The standard InChI is InChI=1S/C14H19BrClNO/c15-12-2-1-3-14(9-12)18-7-6-17-10-11-4-5-13(16)8-11/h1-3,9,11,13,17H,4-8,10H2. The van der Waals surface area contributed by atoms with E-state index in [9.17, 15) is 0 Å². The van der Waals surface area contributed by atoms with Gasteiger partial charge in [0.1, 0.15) is 12.4 Å². The highest BCUT2D eigenvalue weighted by molar-refractivity contribution is 9.10. The molecule has 18 heavy (non-hydrogen) atoms. The molecule has 100 valence electrons. The van der Waals surface area contributed by atoms with E-state index in [2.05, 4.69) is 21.2 Å². The lowest BCUT2D eigenvalue weighted by molar-refractivity contribution is 0.308. The SMILES string of the molecule is ClC1CCC(CNCCOc2cccc(Br)c2)C1. The van der Waals surface area contributed by atoms with Gasteiger partial charge in [0.15, 0.2) is 0 Å². The van der Waals surface area contributed by atoms with Gasteiger partial charge in [0.25, 0.3) is 0 Å². The molecule has 0 aliphatic heterocycles. The summed E-state index contributed by atoms with van der Waals surface area (Å²) in [6.45, 7) is 2.65. The molecule has 1 aliphatic carbocycles. The average Bonchev–Trinajstić information content (AvgIpc) is 2.75. The van der Waals surface area contributed by atoms with Gasteiger partial charge in [-0.05, 0) is 49.9 Å². The number of hydrogen-bond acceptors (Lipinski definition) is 2. The summed E-state index contributed by atoms with van der Waals surface area (Å²) in [4.78, 5) is 0. The first kappa shape index (κ1) is 14.2. The van der Waals surface area contributed by atoms with Crippen LogP contribution in [0.4, 0.5) is 0 Å². The minimum Gasteiger partial charge on any atom is -0.492 e. The molecule has 0 amide bonds. The molecule has 0 aromatic heterocycles. The van der Waals surface area contributed by atoms with Gasteiger partial charge in [0.2, 0.25) is 0 Å². The van der Waals surface area contributed by atoms with E-state index >= 15 is 0 Å². The van der Waals surface area contributed by atoms with E-state index in [4.69, 9.17) is 16.3 Å². The zero-order chi connectivity index (χ0) is 12.8. The largest absolute Gasteiger partial charge is 0.492 e. The van der Waals surface area contributed by atoms with Crippen molar-refractivity contribution in [1.29, 1.82) is 0 Å². The molecule has 2 atom stereocenters. The molecule has 0 bridgehead atoms. The maximum absolute atomic E-state index is 6.08. The van der Waals surface area contributed by atoms with E-state index in [0.717, 1.165) is 35.7 Å². The molecule has 0 radical (unpaired) electrons. The summed E-state index contributed by atoms with van der Waals surface area (Å²) in [5.74, 6) is 1.66. The van der Waals surface area contributed by atoms with Crippen LogP contribution in [-0.4, -0.2) is 25.1 Å². The monoisotopic (exact) mass is 331 g/mol. The van der Waals surface area contributed by atoms with Crippen LogP contribution in [0.2, 0.25) is 0 Å². The Labute approximate surface area is 122 Å². The van der Waals surface area contributed by atoms with Crippen molar-refractivity contribution < 1.29 is 4.74 Å². The second-order valence-electron chi connectivity index (χ2n) is 4.79. The van der Waals surface area contributed by atoms with Crippen molar-refractivity contribution in [3.8, 4) is 5.75 Å². The minimum atomic E-state index is 0.398. The van der Waals surface area contributed by atoms with Gasteiger partial charge in [-0.1, -0.05) is 22.0 Å². The van der Waals surface area contributed by atoms with Gasteiger partial charge in [-0.25, -0.2) is 0 Å². The Morgan fingerprint density at radius 2 is 2.28 bits per heavy atom. The summed E-state index contributed by atoms with van der Waals surface area (Å²) in [7, 11) is 0. The molecule has 0 saturated heterocycles. The highest BCUT2D eigenvalue weighted by Gasteiger charge is 2.21. The number of halogens is 2. The molecular formula is C14H19BrClNO. The molecule has 4 heteroatoms. The third kappa shape index (κ3) is 4.79. The van der Waals surface area contributed by atoms with Crippen molar-refractivity contribution in [2.24, 2.45) is 5.92 Å². The smallest absolute Gasteiger partial charge is 0.120 e. The topological polar surface area (TPSA) is 21.3 Å². The Morgan fingerprint density at radius 1 is 1.39 bits per heavy atom. The third-order valence-corrected chi connectivity index (χ3v) is 4.14. The predicted octanol–water partition coefficient (Wildman–Crippen LogP) is 3.83. The van der Waals surface area contributed by atoms with Crippen molar-refractivity contribution in [3.05, 3.63) is 28.7 Å². The van der Waals surface area contributed by atoms with Crippen LogP contribution in [0.5, 0.6) is 5.75 Å². The van der Waals surface area contributed by atoms with Crippen LogP contribution < -0.4 is 10.1 Å². The van der Waals surface area contributed by atoms with E-state index < -0.39 is 0 Å². The molecule has 2 rings (SSSR count). The highest BCUT2D eigenvalue weighted by Crippen LogP contribution is 2.28. The number of rotatable bonds is 6. The second-order valence-corrected chi connectivity index (χ2v) is 6.32. The fraction of sp³-hybridized carbons (Fsp3) is 0.571. The Bertz CT molecular complexity index is 375. The molecule has 1 N–H and O–H groups in total. The molecule has 1 fully saturated rings. The normalized spacial score (nSPS) is 23.2. The fourth-order valence-corrected chi connectivity index (χ4v) is 3.06. The van der Waals surface area contributed by atoms with Crippen LogP contribution in [0.1, 0.15) is 19.3 Å². The van der Waals surface area contributed by atoms with Crippen LogP contribution >= 0.6 is 27.5 Å². The third-order valence-electron chi connectivity index (χ3n) is 3.25. The predicted molar refractivity (Wildman–Crippen MR) is 79.5 cm³/mol. The van der Waals surface area contributed by atoms with E-state index in [1.807, 2.05) is 24.3 Å². The van der Waals surface area contributed by atoms with Gasteiger partial charge < -0.3 is 10.1 Å². The van der Waals surface area contributed by atoms with Gasteiger partial charge in [-0.15, -0.1) is 11.6 Å². The van der Waals surface area contributed by atoms with E-state index in [0.29, 0.717) is 12.0 Å². The van der Waals surface area contributed by atoms with Crippen molar-refractivity contribution in [1.82, 2.24) is 5.32 Å². The van der Waals surface area contributed by atoms with Crippen LogP contribution in [0.25, 0.3) is 0 Å². The summed E-state index contributed by atoms with van der Waals surface area (Å²) >= 11 is 9.51. The molecule has 1 aromatic rings. The lowest BCUT2D eigenvalue weighted by Gasteiger charge is -2.11. The van der Waals surface area contributed by atoms with Gasteiger partial charge >= 0.3 is 0 Å². The highest BCUT2D eigenvalue weighted by atomic mass is 79.9. The summed E-state index contributed by atoms with van der Waals surface area (Å²) in [5, 5.41) is 3.84. The van der Waals surface area contributed by atoms with Crippen molar-refractivity contribution >= 4 is 27.5 Å². The van der Waals surface area contributed by atoms with E-state index in [-0.39, 0.29) is 0 Å². The van der Waals surface area contributed by atoms with Crippen molar-refractivity contribution in [3.63, 3.8) is 0 Å². The zero-order valence-electron chi connectivity index (χ0n) is 10.4. The Balaban J connectivity index is 1.56. The molecule has 1 saturated carbocycles. The number of benzene rings is 1. The molecule has 1 aromatic carbocycles. The Kier molecular flexibility index (Phi) is 5.80. The zero-order valence-corrected chi connectivity index (χ0v) is 12.7. The number of hydrogen-bond donors (Lipinski definition) is 1. The molecular weight excluding hydrogens is 314 g/mol. The van der Waals surface area contributed by atoms with Crippen molar-refractivity contribution in [2.45, 2.75) is 24.6 Å². The quantitative estimate of drug-likeness (QED) is 0.631. The van der Waals surface area contributed by atoms with E-state index in [1.54, 1.807) is 0 Å². The number of nitrogens with one attached hydrogen (secondary N) is 1. The first-order chi connectivity index (χ1) is 8.74. The Morgan fingerprint density at radius 3 is 3.00 bits per heavy atom. The molecule has 0 heterocycles. The summed E-state index contributed by atoms with van der Waals surface area (Å²) in [6.07, 6.45) is 3.58.